The van der Waals surface area contributed by atoms with Crippen molar-refractivity contribution in [3.05, 3.63) is 24.3 Å². The van der Waals surface area contributed by atoms with Crippen molar-refractivity contribution < 1.29 is 23.9 Å². The van der Waals surface area contributed by atoms with E-state index < -0.39 is 18.0 Å². The minimum atomic E-state index is -0.994. The van der Waals surface area contributed by atoms with Crippen LogP contribution in [0.15, 0.2) is 24.3 Å². The van der Waals surface area contributed by atoms with Gasteiger partial charge in [-0.1, -0.05) is 225 Å². The summed E-state index contributed by atoms with van der Waals surface area (Å²) in [4.78, 5) is 38.8. The average Bonchev–Trinajstić information content (AvgIpc) is 3.24. The van der Waals surface area contributed by atoms with Crippen molar-refractivity contribution in [3.8, 4) is 0 Å². The SMILES string of the molecule is CCCCCCCC/C=C\CCCCCCCCOC(=O)C[C@H](NC(=O)CCCCCCCCCCCCC)C(=O)OCCCCCCCC/C=C\CCCCCCCC. The number of carbonyl (C=O) groups excluding carboxylic acids is 3. The molecule has 0 saturated carbocycles. The maximum atomic E-state index is 13.1. The van der Waals surface area contributed by atoms with E-state index in [-0.39, 0.29) is 12.3 Å². The summed E-state index contributed by atoms with van der Waals surface area (Å²) in [6, 6.07) is -0.994. The Hall–Kier alpha value is -2.11. The Labute approximate surface area is 373 Å². The molecule has 0 spiro atoms. The van der Waals surface area contributed by atoms with Crippen LogP contribution in [0.5, 0.6) is 0 Å². The molecule has 0 unspecified atom stereocenters. The van der Waals surface area contributed by atoms with Gasteiger partial charge in [0.15, 0.2) is 0 Å². The van der Waals surface area contributed by atoms with E-state index in [4.69, 9.17) is 9.47 Å². The molecule has 1 atom stereocenters. The standard InChI is InChI=1S/C54H101NO5/c1-4-7-10-13-16-19-22-24-26-28-30-33-36-39-42-45-48-59-53(57)50-51(55-52(56)47-44-41-38-35-32-21-18-15-12-9-6-3)54(58)60-49-46-43-40-37-34-31-29-27-25-23-20-17-14-11-8-5-2/h24-27,51H,4-23,28-50H2,1-3H3,(H,55,56)/b26-24-,27-25-/t51-/m0/s1. The third-order valence-corrected chi connectivity index (χ3v) is 11.8. The van der Waals surface area contributed by atoms with Crippen LogP contribution in [0.3, 0.4) is 0 Å². The van der Waals surface area contributed by atoms with Gasteiger partial charge in [0.1, 0.15) is 6.04 Å². The maximum Gasteiger partial charge on any atom is 0.329 e. The molecule has 60 heavy (non-hydrogen) atoms. The lowest BCUT2D eigenvalue weighted by Gasteiger charge is -2.17. The molecule has 0 aliphatic carbocycles. The fourth-order valence-electron chi connectivity index (χ4n) is 7.79. The number of carbonyl (C=O) groups is 3. The van der Waals surface area contributed by atoms with Crippen molar-refractivity contribution in [2.24, 2.45) is 0 Å². The summed E-state index contributed by atoms with van der Waals surface area (Å²) in [6.45, 7) is 7.45. The molecule has 352 valence electrons. The van der Waals surface area contributed by atoms with Gasteiger partial charge in [-0.2, -0.15) is 0 Å². The first kappa shape index (κ1) is 57.9. The molecular weight excluding hydrogens is 743 g/mol. The van der Waals surface area contributed by atoms with E-state index in [1.165, 1.54) is 193 Å². The molecule has 0 rings (SSSR count). The van der Waals surface area contributed by atoms with Gasteiger partial charge in [0.05, 0.1) is 19.6 Å². The van der Waals surface area contributed by atoms with Crippen LogP contribution in [-0.4, -0.2) is 37.1 Å². The van der Waals surface area contributed by atoms with E-state index in [1.807, 2.05) is 0 Å². The molecule has 6 heteroatoms. The number of hydrogen-bond donors (Lipinski definition) is 1. The van der Waals surface area contributed by atoms with Gasteiger partial charge in [-0.15, -0.1) is 0 Å². The Bertz CT molecular complexity index is 977. The summed E-state index contributed by atoms with van der Waals surface area (Å²) in [5.74, 6) is -1.16. The molecule has 0 aromatic rings. The van der Waals surface area contributed by atoms with Crippen molar-refractivity contribution in [1.29, 1.82) is 0 Å². The number of hydrogen-bond acceptors (Lipinski definition) is 5. The van der Waals surface area contributed by atoms with Crippen LogP contribution in [0.25, 0.3) is 0 Å². The second-order valence-electron chi connectivity index (χ2n) is 17.9. The number of rotatable bonds is 48. The van der Waals surface area contributed by atoms with E-state index in [9.17, 15) is 14.4 Å². The maximum absolute atomic E-state index is 13.1. The molecule has 1 amide bonds. The lowest BCUT2D eigenvalue weighted by Crippen LogP contribution is -2.43. The highest BCUT2D eigenvalue weighted by Gasteiger charge is 2.26. The fraction of sp³-hybridized carbons (Fsp3) is 0.870. The number of amides is 1. The van der Waals surface area contributed by atoms with E-state index in [0.717, 1.165) is 57.8 Å². The topological polar surface area (TPSA) is 81.7 Å². The molecule has 0 heterocycles. The third kappa shape index (κ3) is 45.4. The molecule has 0 radical (unpaired) electrons. The number of allylic oxidation sites excluding steroid dienone is 4. The Morgan fingerprint density at radius 1 is 0.383 bits per heavy atom. The van der Waals surface area contributed by atoms with Crippen molar-refractivity contribution >= 4 is 17.8 Å². The zero-order valence-electron chi connectivity index (χ0n) is 40.3. The van der Waals surface area contributed by atoms with Gasteiger partial charge in [0, 0.05) is 6.42 Å². The molecular formula is C54H101NO5. The number of unbranched alkanes of at least 4 members (excludes halogenated alkanes) is 34. The zero-order valence-corrected chi connectivity index (χ0v) is 40.3. The molecule has 1 N–H and O–H groups in total. The molecule has 0 aromatic carbocycles. The Morgan fingerprint density at radius 3 is 1.05 bits per heavy atom. The Morgan fingerprint density at radius 2 is 0.683 bits per heavy atom. The lowest BCUT2D eigenvalue weighted by atomic mass is 10.1. The quantitative estimate of drug-likeness (QED) is 0.0375. The van der Waals surface area contributed by atoms with Crippen LogP contribution < -0.4 is 5.32 Å². The van der Waals surface area contributed by atoms with Crippen LogP contribution in [0.4, 0.5) is 0 Å². The predicted octanol–water partition coefficient (Wildman–Crippen LogP) is 16.7. The molecule has 0 fully saturated rings. The summed E-state index contributed by atoms with van der Waals surface area (Å²) in [7, 11) is 0. The molecule has 0 saturated heterocycles. The Kier molecular flexibility index (Phi) is 47.8. The largest absolute Gasteiger partial charge is 0.466 e. The van der Waals surface area contributed by atoms with Gasteiger partial charge in [-0.3, -0.25) is 9.59 Å². The Balaban J connectivity index is 4.35. The molecule has 0 aromatic heterocycles. The molecule has 0 aliphatic rings. The van der Waals surface area contributed by atoms with Crippen molar-refractivity contribution in [2.75, 3.05) is 13.2 Å². The zero-order chi connectivity index (χ0) is 43.7. The van der Waals surface area contributed by atoms with Crippen molar-refractivity contribution in [1.82, 2.24) is 5.32 Å². The first-order valence-corrected chi connectivity index (χ1v) is 26.5. The van der Waals surface area contributed by atoms with Gasteiger partial charge in [0.2, 0.25) is 5.91 Å². The first-order valence-electron chi connectivity index (χ1n) is 26.5. The second-order valence-corrected chi connectivity index (χ2v) is 17.9. The highest BCUT2D eigenvalue weighted by atomic mass is 16.5. The van der Waals surface area contributed by atoms with Gasteiger partial charge in [-0.25, -0.2) is 4.79 Å². The normalized spacial score (nSPS) is 12.1. The highest BCUT2D eigenvalue weighted by molar-refractivity contribution is 5.88. The first-order chi connectivity index (χ1) is 29.5. The van der Waals surface area contributed by atoms with Gasteiger partial charge in [-0.05, 0) is 70.6 Å². The number of ether oxygens (including phenoxy) is 2. The highest BCUT2D eigenvalue weighted by Crippen LogP contribution is 2.14. The van der Waals surface area contributed by atoms with E-state index >= 15 is 0 Å². The molecule has 0 bridgehead atoms. The molecule has 6 nitrogen and oxygen atoms in total. The third-order valence-electron chi connectivity index (χ3n) is 11.8. The van der Waals surface area contributed by atoms with Crippen LogP contribution in [0, 0.1) is 0 Å². The molecule has 0 aliphatic heterocycles. The van der Waals surface area contributed by atoms with Gasteiger partial charge in [0.25, 0.3) is 0 Å². The van der Waals surface area contributed by atoms with Crippen LogP contribution in [-0.2, 0) is 23.9 Å². The van der Waals surface area contributed by atoms with Crippen molar-refractivity contribution in [3.63, 3.8) is 0 Å². The van der Waals surface area contributed by atoms with Crippen LogP contribution in [0.2, 0.25) is 0 Å². The summed E-state index contributed by atoms with van der Waals surface area (Å²) >= 11 is 0. The summed E-state index contributed by atoms with van der Waals surface area (Å²) in [5.41, 5.74) is 0. The summed E-state index contributed by atoms with van der Waals surface area (Å²) < 4.78 is 11.1. The van der Waals surface area contributed by atoms with Gasteiger partial charge >= 0.3 is 11.9 Å². The average molecular weight is 844 g/mol. The summed E-state index contributed by atoms with van der Waals surface area (Å²) in [6.07, 6.45) is 57.3. The second kappa shape index (κ2) is 49.5. The monoisotopic (exact) mass is 844 g/mol. The van der Waals surface area contributed by atoms with Gasteiger partial charge < -0.3 is 14.8 Å². The van der Waals surface area contributed by atoms with E-state index in [1.54, 1.807) is 0 Å². The lowest BCUT2D eigenvalue weighted by molar-refractivity contribution is -0.154. The fourth-order valence-corrected chi connectivity index (χ4v) is 7.79. The van der Waals surface area contributed by atoms with E-state index in [0.29, 0.717) is 19.6 Å². The smallest absolute Gasteiger partial charge is 0.329 e. The van der Waals surface area contributed by atoms with Crippen LogP contribution in [0.1, 0.15) is 284 Å². The minimum absolute atomic E-state index is 0.178. The number of nitrogens with one attached hydrogen (secondary N) is 1. The van der Waals surface area contributed by atoms with E-state index in [2.05, 4.69) is 50.4 Å². The van der Waals surface area contributed by atoms with Crippen molar-refractivity contribution in [2.45, 2.75) is 290 Å². The predicted molar refractivity (Wildman–Crippen MR) is 258 cm³/mol. The minimum Gasteiger partial charge on any atom is -0.466 e. The van der Waals surface area contributed by atoms with Crippen LogP contribution >= 0.6 is 0 Å². The summed E-state index contributed by atoms with van der Waals surface area (Å²) in [5, 5.41) is 2.82. The number of esters is 2.